The Kier molecular flexibility index (Phi) is 3.26. The molecule has 1 aromatic rings. The van der Waals surface area contributed by atoms with Crippen LogP contribution in [0.2, 0.25) is 0 Å². The fourth-order valence-electron chi connectivity index (χ4n) is 1.98. The molecule has 2 atom stereocenters. The van der Waals surface area contributed by atoms with Crippen LogP contribution in [0.3, 0.4) is 0 Å². The average molecular weight is 274 g/mol. The van der Waals surface area contributed by atoms with Crippen LogP contribution < -0.4 is 4.90 Å². The Morgan fingerprint density at radius 3 is 2.67 bits per heavy atom. The molecule has 82 valence electrons. The number of rotatable bonds is 2. The normalized spacial score (nSPS) is 25.9. The van der Waals surface area contributed by atoms with Crippen molar-refractivity contribution >= 4 is 21.6 Å². The van der Waals surface area contributed by atoms with Crippen molar-refractivity contribution in [3.63, 3.8) is 0 Å². The van der Waals surface area contributed by atoms with Crippen molar-refractivity contribution in [2.75, 3.05) is 18.1 Å². The first-order chi connectivity index (χ1) is 7.20. The predicted octanol–water partition coefficient (Wildman–Crippen LogP) is 2.36. The topological polar surface area (TPSA) is 23.5 Å². The summed E-state index contributed by atoms with van der Waals surface area (Å²) in [4.78, 5) is 1.93. The Labute approximate surface area is 96.8 Å². The molecule has 0 radical (unpaired) electrons. The SMILES string of the molecule is OC[C@@H]1C[C@H](F)CN1c1ccc(Br)cc1. The largest absolute Gasteiger partial charge is 0.394 e. The summed E-state index contributed by atoms with van der Waals surface area (Å²) < 4.78 is 14.2. The summed E-state index contributed by atoms with van der Waals surface area (Å²) in [7, 11) is 0. The summed E-state index contributed by atoms with van der Waals surface area (Å²) >= 11 is 3.36. The third-order valence-corrected chi connectivity index (χ3v) is 3.26. The maximum Gasteiger partial charge on any atom is 0.120 e. The maximum atomic E-state index is 13.2. The van der Waals surface area contributed by atoms with Crippen LogP contribution in [0.1, 0.15) is 6.42 Å². The van der Waals surface area contributed by atoms with Gasteiger partial charge in [0.1, 0.15) is 6.17 Å². The van der Waals surface area contributed by atoms with Gasteiger partial charge in [0.15, 0.2) is 0 Å². The number of anilines is 1. The molecule has 1 heterocycles. The number of aliphatic hydroxyl groups is 1. The molecular weight excluding hydrogens is 261 g/mol. The molecular formula is C11H13BrFNO. The van der Waals surface area contributed by atoms with Gasteiger partial charge in [-0.15, -0.1) is 0 Å². The number of hydrogen-bond acceptors (Lipinski definition) is 2. The first-order valence-corrected chi connectivity index (χ1v) is 5.77. The van der Waals surface area contributed by atoms with Gasteiger partial charge >= 0.3 is 0 Å². The highest BCUT2D eigenvalue weighted by Gasteiger charge is 2.31. The van der Waals surface area contributed by atoms with Gasteiger partial charge in [0, 0.05) is 23.1 Å². The molecule has 0 aromatic heterocycles. The molecule has 0 bridgehead atoms. The Hall–Kier alpha value is -0.610. The van der Waals surface area contributed by atoms with E-state index >= 15 is 0 Å². The van der Waals surface area contributed by atoms with Crippen molar-refractivity contribution in [2.45, 2.75) is 18.6 Å². The van der Waals surface area contributed by atoms with E-state index in [4.69, 9.17) is 5.11 Å². The standard InChI is InChI=1S/C11H13BrFNO/c12-8-1-3-10(4-2-8)14-6-9(13)5-11(14)7-15/h1-4,9,11,15H,5-7H2/t9-,11-/m0/s1. The van der Waals surface area contributed by atoms with Crippen molar-refractivity contribution < 1.29 is 9.50 Å². The van der Waals surface area contributed by atoms with Crippen LogP contribution >= 0.6 is 15.9 Å². The summed E-state index contributed by atoms with van der Waals surface area (Å²) in [6, 6.07) is 7.64. The van der Waals surface area contributed by atoms with E-state index in [0.717, 1.165) is 10.2 Å². The van der Waals surface area contributed by atoms with Gasteiger partial charge in [-0.2, -0.15) is 0 Å². The van der Waals surface area contributed by atoms with Gasteiger partial charge in [-0.3, -0.25) is 0 Å². The molecule has 4 heteroatoms. The lowest BCUT2D eigenvalue weighted by molar-refractivity contribution is 0.255. The highest BCUT2D eigenvalue weighted by Crippen LogP contribution is 2.27. The smallest absolute Gasteiger partial charge is 0.120 e. The van der Waals surface area contributed by atoms with E-state index in [2.05, 4.69) is 15.9 Å². The van der Waals surface area contributed by atoms with Crippen molar-refractivity contribution in [2.24, 2.45) is 0 Å². The van der Waals surface area contributed by atoms with Crippen molar-refractivity contribution in [3.8, 4) is 0 Å². The molecule has 1 aromatic carbocycles. The zero-order valence-electron chi connectivity index (χ0n) is 8.24. The number of alkyl halides is 1. The van der Waals surface area contributed by atoms with E-state index in [1.807, 2.05) is 29.2 Å². The summed E-state index contributed by atoms with van der Waals surface area (Å²) in [5.41, 5.74) is 0.970. The molecule has 1 saturated heterocycles. The quantitative estimate of drug-likeness (QED) is 0.895. The van der Waals surface area contributed by atoms with E-state index in [-0.39, 0.29) is 12.6 Å². The molecule has 0 unspecified atom stereocenters. The van der Waals surface area contributed by atoms with E-state index < -0.39 is 6.17 Å². The summed E-state index contributed by atoms with van der Waals surface area (Å²) in [6.45, 7) is 0.392. The van der Waals surface area contributed by atoms with Crippen molar-refractivity contribution in [1.29, 1.82) is 0 Å². The molecule has 15 heavy (non-hydrogen) atoms. The highest BCUT2D eigenvalue weighted by molar-refractivity contribution is 9.10. The zero-order chi connectivity index (χ0) is 10.8. The summed E-state index contributed by atoms with van der Waals surface area (Å²) in [5, 5.41) is 9.15. The Balaban J connectivity index is 2.19. The minimum atomic E-state index is -0.828. The second-order valence-corrected chi connectivity index (χ2v) is 4.71. The number of hydrogen-bond donors (Lipinski definition) is 1. The lowest BCUT2D eigenvalue weighted by Gasteiger charge is -2.24. The van der Waals surface area contributed by atoms with Crippen LogP contribution in [0.15, 0.2) is 28.7 Å². The van der Waals surface area contributed by atoms with E-state index in [9.17, 15) is 4.39 Å². The van der Waals surface area contributed by atoms with Gasteiger partial charge in [-0.25, -0.2) is 4.39 Å². The number of benzene rings is 1. The third kappa shape index (κ3) is 2.32. The van der Waals surface area contributed by atoms with Crippen LogP contribution in [-0.4, -0.2) is 30.5 Å². The molecule has 1 N–H and O–H groups in total. The Bertz CT molecular complexity index is 330. The van der Waals surface area contributed by atoms with Gasteiger partial charge in [0.05, 0.1) is 12.6 Å². The van der Waals surface area contributed by atoms with Crippen LogP contribution in [-0.2, 0) is 0 Å². The van der Waals surface area contributed by atoms with Gasteiger partial charge < -0.3 is 10.0 Å². The van der Waals surface area contributed by atoms with Gasteiger partial charge in [-0.1, -0.05) is 15.9 Å². The van der Waals surface area contributed by atoms with Crippen LogP contribution in [0, 0.1) is 0 Å². The van der Waals surface area contributed by atoms with E-state index in [0.29, 0.717) is 13.0 Å². The molecule has 0 amide bonds. The second kappa shape index (κ2) is 4.49. The van der Waals surface area contributed by atoms with E-state index in [1.54, 1.807) is 0 Å². The maximum absolute atomic E-state index is 13.2. The first-order valence-electron chi connectivity index (χ1n) is 4.98. The molecule has 2 nitrogen and oxygen atoms in total. The summed E-state index contributed by atoms with van der Waals surface area (Å²) in [6.07, 6.45) is -0.405. The van der Waals surface area contributed by atoms with Gasteiger partial charge in [0.2, 0.25) is 0 Å². The second-order valence-electron chi connectivity index (χ2n) is 3.80. The number of nitrogens with zero attached hydrogens (tertiary/aromatic N) is 1. The molecule has 1 aliphatic rings. The Morgan fingerprint density at radius 1 is 1.40 bits per heavy atom. The van der Waals surface area contributed by atoms with Crippen LogP contribution in [0.5, 0.6) is 0 Å². The molecule has 1 fully saturated rings. The van der Waals surface area contributed by atoms with Gasteiger partial charge in [-0.05, 0) is 24.3 Å². The summed E-state index contributed by atoms with van der Waals surface area (Å²) in [5.74, 6) is 0. The first kappa shape index (κ1) is 10.9. The zero-order valence-corrected chi connectivity index (χ0v) is 9.82. The van der Waals surface area contributed by atoms with Crippen LogP contribution in [0.25, 0.3) is 0 Å². The van der Waals surface area contributed by atoms with Gasteiger partial charge in [0.25, 0.3) is 0 Å². The lowest BCUT2D eigenvalue weighted by atomic mass is 10.2. The molecule has 2 rings (SSSR count). The highest BCUT2D eigenvalue weighted by atomic mass is 79.9. The van der Waals surface area contributed by atoms with Crippen molar-refractivity contribution in [1.82, 2.24) is 0 Å². The molecule has 1 aliphatic heterocycles. The predicted molar refractivity (Wildman–Crippen MR) is 61.9 cm³/mol. The minimum absolute atomic E-state index is 0.0104. The Morgan fingerprint density at radius 2 is 2.07 bits per heavy atom. The van der Waals surface area contributed by atoms with E-state index in [1.165, 1.54) is 0 Å². The lowest BCUT2D eigenvalue weighted by Crippen LogP contribution is -2.32. The third-order valence-electron chi connectivity index (χ3n) is 2.73. The monoisotopic (exact) mass is 273 g/mol. The fraction of sp³-hybridized carbons (Fsp3) is 0.455. The molecule has 0 spiro atoms. The van der Waals surface area contributed by atoms with Crippen LogP contribution in [0.4, 0.5) is 10.1 Å². The average Bonchev–Trinajstić information content (AvgIpc) is 2.61. The van der Waals surface area contributed by atoms with Crippen molar-refractivity contribution in [3.05, 3.63) is 28.7 Å². The minimum Gasteiger partial charge on any atom is -0.394 e. The number of halogens is 2. The molecule has 0 aliphatic carbocycles. The number of aliphatic hydroxyl groups excluding tert-OH is 1. The fourth-order valence-corrected chi connectivity index (χ4v) is 2.25. The molecule has 0 saturated carbocycles.